The summed E-state index contributed by atoms with van der Waals surface area (Å²) in [5, 5.41) is 4.54. The van der Waals surface area contributed by atoms with Gasteiger partial charge in [0, 0.05) is 64.6 Å². The van der Waals surface area contributed by atoms with E-state index in [1.165, 1.54) is 0 Å². The molecule has 12 heteroatoms. The number of rotatable bonds is 4. The van der Waals surface area contributed by atoms with E-state index >= 15 is 0 Å². The summed E-state index contributed by atoms with van der Waals surface area (Å²) in [4.78, 5) is 124. The molecule has 14 aromatic rings. The molecule has 2 heterocycles. The zero-order chi connectivity index (χ0) is 48.1. The smallest absolute Gasteiger partial charge is 0.196 e. The predicted molar refractivity (Wildman–Crippen MR) is 285 cm³/mol. The number of benzene rings is 12. The summed E-state index contributed by atoms with van der Waals surface area (Å²) >= 11 is 0. The molecule has 336 valence electrons. The summed E-state index contributed by atoms with van der Waals surface area (Å²) in [6.07, 6.45) is 1.78. The molecule has 0 radical (unpaired) electrons. The van der Waals surface area contributed by atoms with Crippen molar-refractivity contribution in [3.63, 3.8) is 0 Å². The van der Waals surface area contributed by atoms with Crippen LogP contribution in [0, 0.1) is 0 Å². The van der Waals surface area contributed by atoms with Gasteiger partial charge in [-0.3, -0.25) is 38.4 Å². The van der Waals surface area contributed by atoms with Crippen LogP contribution in [0.1, 0.15) is 17.5 Å². The predicted octanol–water partition coefficient (Wildman–Crippen LogP) is 8.77. The first kappa shape index (κ1) is 40.4. The molecule has 0 amide bonds. The molecule has 0 saturated carbocycles. The summed E-state index contributed by atoms with van der Waals surface area (Å²) in [7, 11) is 0. The van der Waals surface area contributed by atoms with Crippen LogP contribution in [0.2, 0.25) is 0 Å². The molecule has 0 aliphatic heterocycles. The van der Waals surface area contributed by atoms with Crippen molar-refractivity contribution in [1.29, 1.82) is 0 Å². The van der Waals surface area contributed by atoms with E-state index in [2.05, 4.69) is 19.9 Å². The number of hydrogen-bond donors (Lipinski definition) is 4. The molecule has 71 heavy (non-hydrogen) atoms. The van der Waals surface area contributed by atoms with Crippen molar-refractivity contribution in [2.75, 3.05) is 0 Å². The maximum atomic E-state index is 14.3. The second kappa shape index (κ2) is 14.4. The number of H-pyrrole nitrogens is 4. The third-order valence-electron chi connectivity index (χ3n) is 14.7. The number of aromatic amines is 4. The van der Waals surface area contributed by atoms with Crippen LogP contribution in [-0.4, -0.2) is 19.9 Å². The Bertz CT molecular complexity index is 5020. The molecule has 4 N–H and O–H groups in total. The van der Waals surface area contributed by atoms with Crippen molar-refractivity contribution >= 4 is 130 Å². The number of nitrogens with one attached hydrogen (secondary N) is 4. The lowest BCUT2D eigenvalue weighted by Crippen LogP contribution is -2.15. The molecule has 0 unspecified atom stereocenters. The quantitative estimate of drug-likeness (QED) is 0.0992. The van der Waals surface area contributed by atoms with Crippen molar-refractivity contribution < 1.29 is 0 Å². The number of aromatic nitrogens is 4. The zero-order valence-electron chi connectivity index (χ0n) is 37.1. The van der Waals surface area contributed by atoms with Crippen LogP contribution >= 0.6 is 0 Å². The Kier molecular flexibility index (Phi) is 8.20. The molecule has 12 aromatic carbocycles. The SMILES string of the molecule is O=c1c2ccccc2c(=O)c2c1ccc1[nH]c3c(ccc4c(=O)c5cc(CCCc6ccc7c(=O)c8c(ccc9[nH]c%10c(ccc%11c(=O)c%12ccccc%12c(=O)c%11%10)[nH]c98)c(=O)c7c6)ccc5c(=O)c43)[nH]c12. The first-order chi connectivity index (χ1) is 34.5. The summed E-state index contributed by atoms with van der Waals surface area (Å²) < 4.78 is 0. The average Bonchev–Trinajstić information content (AvgIpc) is 3.40. The lowest BCUT2D eigenvalue weighted by atomic mass is 9.95. The van der Waals surface area contributed by atoms with Gasteiger partial charge in [0.25, 0.3) is 0 Å². The normalized spacial score (nSPS) is 12.3. The molecule has 0 bridgehead atoms. The van der Waals surface area contributed by atoms with Gasteiger partial charge in [0.05, 0.1) is 65.7 Å². The van der Waals surface area contributed by atoms with E-state index in [0.29, 0.717) is 95.7 Å². The highest BCUT2D eigenvalue weighted by atomic mass is 16.1. The lowest BCUT2D eigenvalue weighted by Gasteiger charge is -2.11. The monoisotopic (exact) mass is 924 g/mol. The molecule has 0 aliphatic carbocycles. The van der Waals surface area contributed by atoms with Gasteiger partial charge in [0.2, 0.25) is 0 Å². The molecule has 0 aliphatic rings. The Morgan fingerprint density at radius 3 is 0.817 bits per heavy atom. The van der Waals surface area contributed by atoms with Crippen molar-refractivity contribution in [1.82, 2.24) is 19.9 Å². The minimum Gasteiger partial charge on any atom is -0.351 e. The standard InChI is InChI=1S/C59H32N4O8/c64-52-28-8-1-3-10-30(28)56(68)44-34(52)16-20-40-48(44)60-42-22-18-36-46(50(42)62-40)58(70)32-14-12-26(24-38(32)54(36)66)6-5-7-27-13-15-33-39(25-27)55(67)37-19-23-43-51(47(37)59(33)71)63-41-21-17-35-45(49(41)61-43)57(69)31-11-4-2-9-29(31)53(35)65/h1-4,8-25,60-63H,5-7H2. The Morgan fingerprint density at radius 2 is 0.507 bits per heavy atom. The molecule has 12 nitrogen and oxygen atoms in total. The molecule has 0 saturated heterocycles. The van der Waals surface area contributed by atoms with Gasteiger partial charge in [0.15, 0.2) is 43.4 Å². The molecule has 14 rings (SSSR count). The van der Waals surface area contributed by atoms with Crippen LogP contribution in [0.15, 0.2) is 172 Å². The van der Waals surface area contributed by atoms with Crippen molar-refractivity contribution in [2.24, 2.45) is 0 Å². The minimum atomic E-state index is -0.319. The van der Waals surface area contributed by atoms with Gasteiger partial charge in [-0.2, -0.15) is 0 Å². The second-order valence-corrected chi connectivity index (χ2v) is 18.5. The highest BCUT2D eigenvalue weighted by Gasteiger charge is 2.21. The van der Waals surface area contributed by atoms with Crippen LogP contribution < -0.4 is 43.4 Å². The van der Waals surface area contributed by atoms with Crippen molar-refractivity contribution in [3.8, 4) is 0 Å². The van der Waals surface area contributed by atoms with Gasteiger partial charge >= 0.3 is 0 Å². The fourth-order valence-corrected chi connectivity index (χ4v) is 11.2. The fraction of sp³-hybridized carbons (Fsp3) is 0.0508. The van der Waals surface area contributed by atoms with Gasteiger partial charge in [-0.1, -0.05) is 72.8 Å². The van der Waals surface area contributed by atoms with Gasteiger partial charge < -0.3 is 19.9 Å². The van der Waals surface area contributed by atoms with Gasteiger partial charge in [-0.15, -0.1) is 0 Å². The molecular formula is C59H32N4O8. The fourth-order valence-electron chi connectivity index (χ4n) is 11.2. The summed E-state index contributed by atoms with van der Waals surface area (Å²) in [5.74, 6) is 0. The molecule has 0 fully saturated rings. The van der Waals surface area contributed by atoms with Crippen molar-refractivity contribution in [2.45, 2.75) is 19.3 Å². The summed E-state index contributed by atoms with van der Waals surface area (Å²) in [6, 6.07) is 37.3. The number of fused-ring (bicyclic) bond motifs is 16. The third-order valence-corrected chi connectivity index (χ3v) is 14.7. The van der Waals surface area contributed by atoms with Crippen LogP contribution in [0.25, 0.3) is 130 Å². The third kappa shape index (κ3) is 5.55. The Labute approximate surface area is 394 Å². The molecule has 0 spiro atoms. The first-order valence-corrected chi connectivity index (χ1v) is 23.1. The Balaban J connectivity index is 0.789. The molecular weight excluding hydrogens is 893 g/mol. The largest absolute Gasteiger partial charge is 0.351 e. The maximum absolute atomic E-state index is 14.3. The van der Waals surface area contributed by atoms with E-state index in [4.69, 9.17) is 0 Å². The summed E-state index contributed by atoms with van der Waals surface area (Å²) in [6.45, 7) is 0. The maximum Gasteiger partial charge on any atom is 0.196 e. The van der Waals surface area contributed by atoms with Crippen LogP contribution in [0.4, 0.5) is 0 Å². The Hall–Kier alpha value is -9.68. The van der Waals surface area contributed by atoms with Gasteiger partial charge in [-0.05, 0) is 91.1 Å². The lowest BCUT2D eigenvalue weighted by molar-refractivity contribution is 0.822. The van der Waals surface area contributed by atoms with Gasteiger partial charge in [-0.25, -0.2) is 0 Å². The highest BCUT2D eigenvalue weighted by molar-refractivity contribution is 6.16. The highest BCUT2D eigenvalue weighted by Crippen LogP contribution is 2.30. The molecule has 2 aromatic heterocycles. The Morgan fingerprint density at radius 1 is 0.254 bits per heavy atom. The van der Waals surface area contributed by atoms with E-state index in [1.807, 2.05) is 12.1 Å². The first-order valence-electron chi connectivity index (χ1n) is 23.1. The minimum absolute atomic E-state index is 0.221. The van der Waals surface area contributed by atoms with E-state index < -0.39 is 0 Å². The van der Waals surface area contributed by atoms with E-state index in [-0.39, 0.29) is 97.3 Å². The summed E-state index contributed by atoms with van der Waals surface area (Å²) in [5.41, 5.74) is 3.10. The molecule has 0 atom stereocenters. The zero-order valence-corrected chi connectivity index (χ0v) is 37.1. The van der Waals surface area contributed by atoms with E-state index in [9.17, 15) is 38.4 Å². The average molecular weight is 925 g/mol. The number of aryl methyl sites for hydroxylation is 2. The van der Waals surface area contributed by atoms with Crippen molar-refractivity contribution in [3.05, 3.63) is 226 Å². The van der Waals surface area contributed by atoms with E-state index in [0.717, 1.165) is 11.1 Å². The topological polar surface area (TPSA) is 200 Å². The van der Waals surface area contributed by atoms with E-state index in [1.54, 1.807) is 121 Å². The second-order valence-electron chi connectivity index (χ2n) is 18.5. The van der Waals surface area contributed by atoms with Gasteiger partial charge in [0.1, 0.15) is 0 Å². The van der Waals surface area contributed by atoms with Crippen LogP contribution in [0.3, 0.4) is 0 Å². The van der Waals surface area contributed by atoms with Crippen LogP contribution in [0.5, 0.6) is 0 Å². The number of hydrogen-bond acceptors (Lipinski definition) is 8. The van der Waals surface area contributed by atoms with Crippen LogP contribution in [-0.2, 0) is 12.8 Å².